The normalized spacial score (nSPS) is 17.1. The highest BCUT2D eigenvalue weighted by Gasteiger charge is 2.41. The van der Waals surface area contributed by atoms with Crippen LogP contribution in [0.25, 0.3) is 0 Å². The molecule has 0 radical (unpaired) electrons. The molecule has 1 saturated heterocycles. The van der Waals surface area contributed by atoms with Crippen LogP contribution in [0.15, 0.2) is 0 Å². The van der Waals surface area contributed by atoms with E-state index in [1.807, 2.05) is 0 Å². The van der Waals surface area contributed by atoms with E-state index in [2.05, 4.69) is 16.3 Å². The summed E-state index contributed by atoms with van der Waals surface area (Å²) in [6.07, 6.45) is -4.08. The van der Waals surface area contributed by atoms with Crippen molar-refractivity contribution in [2.24, 2.45) is 5.92 Å². The van der Waals surface area contributed by atoms with Crippen molar-refractivity contribution in [3.63, 3.8) is 0 Å². The highest BCUT2D eigenvalue weighted by atomic mass is 19.4. The predicted molar refractivity (Wildman–Crippen MR) is 67.2 cm³/mol. The third-order valence-electron chi connectivity index (χ3n) is 3.81. The van der Waals surface area contributed by atoms with E-state index in [9.17, 15) is 18.4 Å². The molecule has 0 amide bonds. The Balaban J connectivity index is 2.20. The average molecular weight is 284 g/mol. The van der Waals surface area contributed by atoms with Crippen molar-refractivity contribution in [1.82, 2.24) is 10.2 Å². The van der Waals surface area contributed by atoms with Crippen LogP contribution in [0.5, 0.6) is 0 Å². The molecule has 7 heteroatoms. The molecule has 0 N–H and O–H groups in total. The molecule has 1 aliphatic rings. The van der Waals surface area contributed by atoms with Gasteiger partial charge in [0.1, 0.15) is 11.6 Å². The smallest absolute Gasteiger partial charge is 0.354 e. The van der Waals surface area contributed by atoms with E-state index >= 15 is 0 Å². The van der Waals surface area contributed by atoms with Gasteiger partial charge < -0.3 is 4.90 Å². The Morgan fingerprint density at radius 1 is 1.20 bits per heavy atom. The van der Waals surface area contributed by atoms with E-state index in [1.165, 1.54) is 0 Å². The first-order valence-electron chi connectivity index (χ1n) is 6.40. The van der Waals surface area contributed by atoms with Crippen LogP contribution < -0.4 is 4.90 Å². The van der Waals surface area contributed by atoms with Gasteiger partial charge in [-0.05, 0) is 32.3 Å². The van der Waals surface area contributed by atoms with Crippen LogP contribution in [0.3, 0.4) is 0 Å². The zero-order valence-electron chi connectivity index (χ0n) is 11.3. The summed E-state index contributed by atoms with van der Waals surface area (Å²) >= 11 is 0. The maximum absolute atomic E-state index is 12.6. The second-order valence-electron chi connectivity index (χ2n) is 5.02. The summed E-state index contributed by atoms with van der Waals surface area (Å²) in [5.74, 6) is -0.861. The maximum atomic E-state index is 12.6. The summed E-state index contributed by atoms with van der Waals surface area (Å²) in [6.45, 7) is 4.02. The minimum absolute atomic E-state index is 0.0307. The number of nitriles is 1. The number of rotatable bonds is 1. The largest absolute Gasteiger partial charge is 0.391 e. The van der Waals surface area contributed by atoms with Crippen LogP contribution in [0.2, 0.25) is 0 Å². The zero-order chi connectivity index (χ0) is 14.9. The van der Waals surface area contributed by atoms with Crippen LogP contribution >= 0.6 is 0 Å². The van der Waals surface area contributed by atoms with Crippen LogP contribution in [-0.4, -0.2) is 29.5 Å². The Bertz CT molecular complexity index is 540. The molecule has 0 atom stereocenters. The fraction of sp³-hybridized carbons (Fsp3) is 0.615. The quantitative estimate of drug-likeness (QED) is 0.795. The van der Waals surface area contributed by atoms with Gasteiger partial charge >= 0.3 is 6.18 Å². The maximum Gasteiger partial charge on any atom is 0.391 e. The lowest BCUT2D eigenvalue weighted by atomic mass is 9.96. The lowest BCUT2D eigenvalue weighted by Gasteiger charge is -2.33. The summed E-state index contributed by atoms with van der Waals surface area (Å²) in [4.78, 5) is 1.72. The van der Waals surface area contributed by atoms with Crippen LogP contribution in [0.4, 0.5) is 19.0 Å². The Labute approximate surface area is 115 Å². The standard InChI is InChI=1S/C13H15F3N4/c1-8-9(2)18-19-12(11(8)7-17)20-5-3-10(4-6-20)13(14,15)16/h10H,3-6H2,1-2H3. The molecule has 0 bridgehead atoms. The average Bonchev–Trinajstić information content (AvgIpc) is 2.41. The van der Waals surface area contributed by atoms with E-state index in [0.717, 1.165) is 5.56 Å². The van der Waals surface area contributed by atoms with Gasteiger partial charge in [0, 0.05) is 13.1 Å². The number of hydrogen-bond donors (Lipinski definition) is 0. The minimum Gasteiger partial charge on any atom is -0.354 e. The highest BCUT2D eigenvalue weighted by molar-refractivity contribution is 5.57. The topological polar surface area (TPSA) is 52.8 Å². The van der Waals surface area contributed by atoms with Gasteiger partial charge in [-0.1, -0.05) is 0 Å². The van der Waals surface area contributed by atoms with Crippen molar-refractivity contribution in [2.45, 2.75) is 32.9 Å². The van der Waals surface area contributed by atoms with Gasteiger partial charge in [0.05, 0.1) is 11.6 Å². The molecule has 108 valence electrons. The Kier molecular flexibility index (Phi) is 3.84. The van der Waals surface area contributed by atoms with Gasteiger partial charge in [-0.25, -0.2) is 0 Å². The molecule has 1 aliphatic heterocycles. The molecule has 0 aromatic carbocycles. The summed E-state index contributed by atoms with van der Waals surface area (Å²) in [6, 6.07) is 2.08. The van der Waals surface area contributed by atoms with E-state index < -0.39 is 12.1 Å². The summed E-state index contributed by atoms with van der Waals surface area (Å²) in [5, 5.41) is 17.2. The molecule has 2 rings (SSSR count). The molecule has 2 heterocycles. The van der Waals surface area contributed by atoms with Crippen molar-refractivity contribution >= 4 is 5.82 Å². The molecule has 1 fully saturated rings. The van der Waals surface area contributed by atoms with E-state index in [0.29, 0.717) is 17.1 Å². The Morgan fingerprint density at radius 3 is 2.30 bits per heavy atom. The highest BCUT2D eigenvalue weighted by Crippen LogP contribution is 2.35. The van der Waals surface area contributed by atoms with Gasteiger partial charge in [-0.2, -0.15) is 23.5 Å². The molecular formula is C13H15F3N4. The summed E-state index contributed by atoms with van der Waals surface area (Å²) in [7, 11) is 0. The Hall–Kier alpha value is -1.84. The molecule has 4 nitrogen and oxygen atoms in total. The molecule has 1 aromatic heterocycles. The van der Waals surface area contributed by atoms with Crippen molar-refractivity contribution in [3.8, 4) is 6.07 Å². The Morgan fingerprint density at radius 2 is 1.80 bits per heavy atom. The molecule has 1 aromatic rings. The van der Waals surface area contributed by atoms with Crippen molar-refractivity contribution in [2.75, 3.05) is 18.0 Å². The van der Waals surface area contributed by atoms with Gasteiger partial charge in [0.2, 0.25) is 0 Å². The van der Waals surface area contributed by atoms with Crippen LogP contribution in [0, 0.1) is 31.1 Å². The summed E-state index contributed by atoms with van der Waals surface area (Å²) < 4.78 is 37.9. The van der Waals surface area contributed by atoms with Gasteiger partial charge in [0.15, 0.2) is 5.82 Å². The second-order valence-corrected chi connectivity index (χ2v) is 5.02. The third-order valence-corrected chi connectivity index (χ3v) is 3.81. The number of nitrogens with zero attached hydrogens (tertiary/aromatic N) is 4. The monoisotopic (exact) mass is 284 g/mol. The van der Waals surface area contributed by atoms with Gasteiger partial charge in [0.25, 0.3) is 0 Å². The van der Waals surface area contributed by atoms with Crippen molar-refractivity contribution in [3.05, 3.63) is 16.8 Å². The van der Waals surface area contributed by atoms with Gasteiger partial charge in [-0.15, -0.1) is 5.10 Å². The number of anilines is 1. The van der Waals surface area contributed by atoms with Crippen molar-refractivity contribution < 1.29 is 13.2 Å². The number of aryl methyl sites for hydroxylation is 1. The molecule has 0 spiro atoms. The lowest BCUT2D eigenvalue weighted by molar-refractivity contribution is -0.179. The van der Waals surface area contributed by atoms with Crippen LogP contribution in [-0.2, 0) is 0 Å². The molecule has 0 unspecified atom stereocenters. The zero-order valence-corrected chi connectivity index (χ0v) is 11.3. The number of aromatic nitrogens is 2. The van der Waals surface area contributed by atoms with Gasteiger partial charge in [-0.3, -0.25) is 0 Å². The fourth-order valence-corrected chi connectivity index (χ4v) is 2.37. The summed E-state index contributed by atoms with van der Waals surface area (Å²) in [5.41, 5.74) is 1.80. The molecule has 0 saturated carbocycles. The van der Waals surface area contributed by atoms with Crippen molar-refractivity contribution in [1.29, 1.82) is 5.26 Å². The van der Waals surface area contributed by atoms with E-state index in [4.69, 9.17) is 0 Å². The molecule has 20 heavy (non-hydrogen) atoms. The first kappa shape index (κ1) is 14.6. The first-order valence-corrected chi connectivity index (χ1v) is 6.40. The fourth-order valence-electron chi connectivity index (χ4n) is 2.37. The van der Waals surface area contributed by atoms with E-state index in [1.54, 1.807) is 18.7 Å². The minimum atomic E-state index is -4.14. The number of hydrogen-bond acceptors (Lipinski definition) is 4. The predicted octanol–water partition coefficient (Wildman–Crippen LogP) is 2.74. The van der Waals surface area contributed by atoms with Crippen LogP contribution in [0.1, 0.15) is 29.7 Å². The molecular weight excluding hydrogens is 269 g/mol. The molecule has 0 aliphatic carbocycles. The number of alkyl halides is 3. The third kappa shape index (κ3) is 2.69. The number of halogens is 3. The number of piperidine rings is 1. The second kappa shape index (κ2) is 5.27. The SMILES string of the molecule is Cc1nnc(N2CCC(C(F)(F)F)CC2)c(C#N)c1C. The van der Waals surface area contributed by atoms with E-state index in [-0.39, 0.29) is 25.9 Å². The first-order chi connectivity index (χ1) is 9.34. The lowest BCUT2D eigenvalue weighted by Crippen LogP contribution is -2.40.